The Morgan fingerprint density at radius 1 is 1.25 bits per heavy atom. The van der Waals surface area contributed by atoms with Gasteiger partial charge in [0.1, 0.15) is 6.61 Å². The van der Waals surface area contributed by atoms with Gasteiger partial charge in [-0.05, 0) is 26.0 Å². The predicted molar refractivity (Wildman–Crippen MR) is 58.7 cm³/mol. The Morgan fingerprint density at radius 3 is 2.25 bits per heavy atom. The molecule has 3 nitrogen and oxygen atoms in total. The molecule has 1 heterocycles. The van der Waals surface area contributed by atoms with Gasteiger partial charge >= 0.3 is 0 Å². The Labute approximate surface area is 107 Å². The molecule has 0 aromatic heterocycles. The third-order valence-electron chi connectivity index (χ3n) is 1.99. The van der Waals surface area contributed by atoms with E-state index in [1.165, 1.54) is 0 Å². The van der Waals surface area contributed by atoms with Crippen molar-refractivity contribution >= 4 is 12.7 Å². The number of benzene rings is 1. The van der Waals surface area contributed by atoms with Crippen LogP contribution in [0, 0.1) is 0 Å². The molecule has 0 atom stereocenters. The van der Waals surface area contributed by atoms with Gasteiger partial charge in [-0.25, -0.2) is 4.99 Å². The van der Waals surface area contributed by atoms with Crippen LogP contribution in [0.2, 0.25) is 0 Å². The zero-order valence-corrected chi connectivity index (χ0v) is 10.5. The van der Waals surface area contributed by atoms with Crippen molar-refractivity contribution in [3.8, 4) is 0 Å². The Kier molecular flexibility index (Phi) is 6.02. The zero-order chi connectivity index (χ0) is 11.3. The van der Waals surface area contributed by atoms with E-state index in [0.29, 0.717) is 6.61 Å². The first kappa shape index (κ1) is 14.9. The molecule has 0 bridgehead atoms. The topological polar surface area (TPSA) is 38.7 Å². The quantitative estimate of drug-likeness (QED) is 0.768. The molecule has 4 heteroatoms. The molecule has 1 aromatic carbocycles. The van der Waals surface area contributed by atoms with E-state index in [-0.39, 0.29) is 22.9 Å². The fourth-order valence-electron chi connectivity index (χ4n) is 1.31. The van der Waals surface area contributed by atoms with E-state index in [9.17, 15) is 0 Å². The fourth-order valence-corrected chi connectivity index (χ4v) is 1.31. The first-order valence-electron chi connectivity index (χ1n) is 4.66. The summed E-state index contributed by atoms with van der Waals surface area (Å²) in [5.41, 5.74) is 0.999. The van der Waals surface area contributed by atoms with E-state index in [1.54, 1.807) is 0 Å². The van der Waals surface area contributed by atoms with Crippen LogP contribution in [-0.2, 0) is 26.9 Å². The number of aliphatic imine (C=N–C) groups is 1. The molecule has 16 heavy (non-hydrogen) atoms. The van der Waals surface area contributed by atoms with Crippen molar-refractivity contribution in [2.45, 2.75) is 19.4 Å². The van der Waals surface area contributed by atoms with Crippen molar-refractivity contribution in [2.24, 2.45) is 4.99 Å². The summed E-state index contributed by atoms with van der Waals surface area (Å²) in [6, 6.07) is 10.0. The maximum absolute atomic E-state index is 7.50. The Balaban J connectivity index is 0.000000711. The second-order valence-corrected chi connectivity index (χ2v) is 3.88. The summed E-state index contributed by atoms with van der Waals surface area (Å²) in [4.78, 5) is 12.0. The van der Waals surface area contributed by atoms with Gasteiger partial charge in [0.2, 0.25) is 5.90 Å². The summed E-state index contributed by atoms with van der Waals surface area (Å²) in [6.07, 6.45) is 0. The summed E-state index contributed by atoms with van der Waals surface area (Å²) in [7, 11) is 0. The van der Waals surface area contributed by atoms with E-state index < -0.39 is 0 Å². The Hall–Kier alpha value is -1.11. The molecule has 1 aliphatic rings. The fraction of sp³-hybridized carbons (Fsp3) is 0.333. The van der Waals surface area contributed by atoms with Gasteiger partial charge in [-0.3, -0.25) is 4.79 Å². The summed E-state index contributed by atoms with van der Waals surface area (Å²) in [5, 5.41) is 0. The van der Waals surface area contributed by atoms with Crippen LogP contribution in [-0.4, -0.2) is 24.8 Å². The van der Waals surface area contributed by atoms with Crippen molar-refractivity contribution in [1.82, 2.24) is 0 Å². The summed E-state index contributed by atoms with van der Waals surface area (Å²) < 4.78 is 5.50. The predicted octanol–water partition coefficient (Wildman–Crippen LogP) is 1.84. The normalized spacial score (nSPS) is 16.0. The van der Waals surface area contributed by atoms with Crippen LogP contribution in [0.25, 0.3) is 0 Å². The second kappa shape index (κ2) is 6.47. The van der Waals surface area contributed by atoms with Crippen molar-refractivity contribution in [1.29, 1.82) is 0 Å². The largest absolute Gasteiger partial charge is 0.475 e. The molecule has 1 aromatic rings. The molecule has 1 aliphatic heterocycles. The molecular weight excluding hydrogens is 242 g/mol. The van der Waals surface area contributed by atoms with Crippen LogP contribution in [0.1, 0.15) is 19.4 Å². The standard InChI is InChI=1S/C11H13NO.CO.Cr/c1-11(2)8-13-10(12-11)9-6-4-3-5-7-9;1-2;/h3-7H,8H2,1-2H3;;. The minimum Gasteiger partial charge on any atom is -0.475 e. The summed E-state index contributed by atoms with van der Waals surface area (Å²) >= 11 is 0. The van der Waals surface area contributed by atoms with Gasteiger partial charge in [-0.1, -0.05) is 18.2 Å². The number of hydrogen-bond acceptors (Lipinski definition) is 3. The Morgan fingerprint density at radius 2 is 1.81 bits per heavy atom. The molecule has 84 valence electrons. The monoisotopic (exact) mass is 255 g/mol. The van der Waals surface area contributed by atoms with Crippen molar-refractivity contribution in [3.05, 3.63) is 35.9 Å². The molecule has 0 fully saturated rings. The first-order chi connectivity index (χ1) is 7.17. The van der Waals surface area contributed by atoms with Gasteiger partial charge in [-0.2, -0.15) is 0 Å². The van der Waals surface area contributed by atoms with Crippen LogP contribution in [0.15, 0.2) is 35.3 Å². The van der Waals surface area contributed by atoms with Crippen molar-refractivity contribution in [2.75, 3.05) is 6.61 Å². The van der Waals surface area contributed by atoms with Crippen LogP contribution < -0.4 is 0 Å². The maximum atomic E-state index is 7.50. The Bertz CT molecular complexity index is 349. The number of hydrogen-bond donors (Lipinski definition) is 0. The van der Waals surface area contributed by atoms with E-state index in [4.69, 9.17) is 9.53 Å². The summed E-state index contributed by atoms with van der Waals surface area (Å²) in [6.45, 7) is 9.32. The molecular formula is C12H13CrNO2. The van der Waals surface area contributed by atoms with Gasteiger partial charge in [0.15, 0.2) is 0 Å². The minimum atomic E-state index is -0.0643. The molecule has 0 unspecified atom stereocenters. The smallest absolute Gasteiger partial charge is 0.281 e. The van der Waals surface area contributed by atoms with Crippen LogP contribution in [0.4, 0.5) is 0 Å². The average molecular weight is 255 g/mol. The van der Waals surface area contributed by atoms with E-state index in [1.807, 2.05) is 30.3 Å². The molecule has 0 saturated carbocycles. The molecule has 0 aliphatic carbocycles. The van der Waals surface area contributed by atoms with Crippen LogP contribution in [0.5, 0.6) is 0 Å². The molecule has 2 rings (SSSR count). The van der Waals surface area contributed by atoms with Crippen molar-refractivity contribution < 1.29 is 26.9 Å². The number of nitrogens with zero attached hydrogens (tertiary/aromatic N) is 1. The van der Waals surface area contributed by atoms with Gasteiger partial charge in [0, 0.05) is 22.9 Å². The first-order valence-corrected chi connectivity index (χ1v) is 4.66. The van der Waals surface area contributed by atoms with E-state index in [2.05, 4.69) is 25.6 Å². The second-order valence-electron chi connectivity index (χ2n) is 3.88. The summed E-state index contributed by atoms with van der Waals surface area (Å²) in [5.74, 6) is 0.769. The third-order valence-corrected chi connectivity index (χ3v) is 1.99. The molecule has 2 radical (unpaired) electrons. The van der Waals surface area contributed by atoms with Gasteiger partial charge in [-0.15, -0.1) is 0 Å². The maximum Gasteiger partial charge on any atom is 0.281 e. The van der Waals surface area contributed by atoms with E-state index in [0.717, 1.165) is 11.5 Å². The minimum absolute atomic E-state index is 0. The van der Waals surface area contributed by atoms with Crippen molar-refractivity contribution in [3.63, 3.8) is 0 Å². The van der Waals surface area contributed by atoms with Gasteiger partial charge in [0.25, 0.3) is 6.79 Å². The molecule has 0 amide bonds. The SMILES string of the molecule is CC1(C)COC(c2ccccc2)=N1.[C]=O.[Cr]. The average Bonchev–Trinajstić information content (AvgIpc) is 2.63. The third kappa shape index (κ3) is 3.80. The number of ether oxygens (including phenoxy) is 1. The molecule has 0 spiro atoms. The van der Waals surface area contributed by atoms with Crippen LogP contribution in [0.3, 0.4) is 0 Å². The zero-order valence-electron chi connectivity index (χ0n) is 9.27. The number of rotatable bonds is 1. The molecule has 0 saturated heterocycles. The van der Waals surface area contributed by atoms with Crippen LogP contribution >= 0.6 is 0 Å². The van der Waals surface area contributed by atoms with Gasteiger partial charge < -0.3 is 4.74 Å². The molecule has 0 N–H and O–H groups in total. The number of carbonyl (C=O) groups excluding carboxylic acids is 1. The van der Waals surface area contributed by atoms with Gasteiger partial charge in [0.05, 0.1) is 5.54 Å². The van der Waals surface area contributed by atoms with E-state index >= 15 is 0 Å².